The Balaban J connectivity index is 1.52. The molecule has 0 aliphatic carbocycles. The number of aromatic nitrogens is 2. The molecule has 7 heteroatoms. The number of amides is 1. The van der Waals surface area contributed by atoms with Crippen molar-refractivity contribution >= 4 is 5.91 Å². The molecule has 1 heterocycles. The van der Waals surface area contributed by atoms with Gasteiger partial charge in [-0.15, -0.1) is 0 Å². The standard InChI is InChI=1S/C21H21F2N3O2/c1-14-8-15(2)26(25-14)12-17-5-3-4-16(9-17)11-24-21(27)13-28-20-7-6-18(22)10-19(20)23/h3-10H,11-13H2,1-2H3,(H,24,27). The summed E-state index contributed by atoms with van der Waals surface area (Å²) in [7, 11) is 0. The van der Waals surface area contributed by atoms with Crippen LogP contribution in [0.3, 0.4) is 0 Å². The molecular formula is C21H21F2N3O2. The van der Waals surface area contributed by atoms with Crippen LogP contribution in [0, 0.1) is 25.5 Å². The average molecular weight is 385 g/mol. The first-order valence-electron chi connectivity index (χ1n) is 8.84. The minimum atomic E-state index is -0.843. The van der Waals surface area contributed by atoms with E-state index in [2.05, 4.69) is 10.4 Å². The second-order valence-corrected chi connectivity index (χ2v) is 6.54. The summed E-state index contributed by atoms with van der Waals surface area (Å²) >= 11 is 0. The highest BCUT2D eigenvalue weighted by Gasteiger charge is 2.08. The summed E-state index contributed by atoms with van der Waals surface area (Å²) in [6.07, 6.45) is 0. The summed E-state index contributed by atoms with van der Waals surface area (Å²) in [5.41, 5.74) is 4.06. The Morgan fingerprint density at radius 2 is 1.89 bits per heavy atom. The molecule has 5 nitrogen and oxygen atoms in total. The van der Waals surface area contributed by atoms with E-state index in [1.165, 1.54) is 0 Å². The van der Waals surface area contributed by atoms with Crippen LogP contribution >= 0.6 is 0 Å². The van der Waals surface area contributed by atoms with Crippen LogP contribution in [-0.2, 0) is 17.9 Å². The number of halogens is 2. The molecule has 0 aliphatic heterocycles. The highest BCUT2D eigenvalue weighted by atomic mass is 19.1. The highest BCUT2D eigenvalue weighted by Crippen LogP contribution is 2.17. The topological polar surface area (TPSA) is 56.2 Å². The molecule has 28 heavy (non-hydrogen) atoms. The van der Waals surface area contributed by atoms with E-state index in [4.69, 9.17) is 4.74 Å². The molecule has 1 N–H and O–H groups in total. The van der Waals surface area contributed by atoms with Gasteiger partial charge in [0.05, 0.1) is 12.2 Å². The Morgan fingerprint density at radius 1 is 1.11 bits per heavy atom. The maximum atomic E-state index is 13.5. The monoisotopic (exact) mass is 385 g/mol. The fraction of sp³-hybridized carbons (Fsp3) is 0.238. The van der Waals surface area contributed by atoms with Gasteiger partial charge in [-0.1, -0.05) is 24.3 Å². The molecule has 0 unspecified atom stereocenters. The van der Waals surface area contributed by atoms with Crippen LogP contribution in [0.4, 0.5) is 8.78 Å². The van der Waals surface area contributed by atoms with E-state index in [1.807, 2.05) is 48.9 Å². The largest absolute Gasteiger partial charge is 0.481 e. The second-order valence-electron chi connectivity index (χ2n) is 6.54. The van der Waals surface area contributed by atoms with Crippen LogP contribution in [0.5, 0.6) is 5.75 Å². The highest BCUT2D eigenvalue weighted by molar-refractivity contribution is 5.77. The van der Waals surface area contributed by atoms with Crippen LogP contribution in [-0.4, -0.2) is 22.3 Å². The normalized spacial score (nSPS) is 10.7. The zero-order valence-corrected chi connectivity index (χ0v) is 15.7. The maximum Gasteiger partial charge on any atom is 0.258 e. The minimum absolute atomic E-state index is 0.163. The van der Waals surface area contributed by atoms with Crippen LogP contribution < -0.4 is 10.1 Å². The molecule has 3 rings (SSSR count). The van der Waals surface area contributed by atoms with E-state index in [-0.39, 0.29) is 12.4 Å². The first kappa shape index (κ1) is 19.5. The Kier molecular flexibility index (Phi) is 6.03. The molecule has 1 amide bonds. The van der Waals surface area contributed by atoms with Crippen molar-refractivity contribution < 1.29 is 18.3 Å². The van der Waals surface area contributed by atoms with Crippen LogP contribution in [0.15, 0.2) is 48.5 Å². The number of benzene rings is 2. The third-order valence-electron chi connectivity index (χ3n) is 4.17. The number of hydrogen-bond acceptors (Lipinski definition) is 3. The fourth-order valence-corrected chi connectivity index (χ4v) is 2.83. The van der Waals surface area contributed by atoms with Crippen molar-refractivity contribution in [3.63, 3.8) is 0 Å². The van der Waals surface area contributed by atoms with E-state index < -0.39 is 17.5 Å². The van der Waals surface area contributed by atoms with Crippen molar-refractivity contribution in [3.05, 3.63) is 82.7 Å². The zero-order chi connectivity index (χ0) is 20.1. The predicted molar refractivity (Wildman–Crippen MR) is 101 cm³/mol. The Labute approximate surface area is 161 Å². The molecule has 0 fully saturated rings. The summed E-state index contributed by atoms with van der Waals surface area (Å²) in [6.45, 7) is 4.57. The molecule has 3 aromatic rings. The summed E-state index contributed by atoms with van der Waals surface area (Å²) in [4.78, 5) is 11.9. The molecule has 2 aromatic carbocycles. The lowest BCUT2D eigenvalue weighted by atomic mass is 10.1. The number of carbonyl (C=O) groups is 1. The molecule has 1 aromatic heterocycles. The van der Waals surface area contributed by atoms with Gasteiger partial charge in [0, 0.05) is 18.3 Å². The van der Waals surface area contributed by atoms with Gasteiger partial charge in [-0.05, 0) is 43.2 Å². The lowest BCUT2D eigenvalue weighted by Gasteiger charge is -2.10. The number of ether oxygens (including phenoxy) is 1. The van der Waals surface area contributed by atoms with Gasteiger partial charge >= 0.3 is 0 Å². The number of nitrogens with one attached hydrogen (secondary N) is 1. The Hall–Kier alpha value is -3.22. The SMILES string of the molecule is Cc1cc(C)n(Cc2cccc(CNC(=O)COc3ccc(F)cc3F)c2)n1. The van der Waals surface area contributed by atoms with Crippen LogP contribution in [0.2, 0.25) is 0 Å². The van der Waals surface area contributed by atoms with Gasteiger partial charge in [0.15, 0.2) is 18.2 Å². The summed E-state index contributed by atoms with van der Waals surface area (Å²) in [6, 6.07) is 12.8. The third-order valence-corrected chi connectivity index (χ3v) is 4.17. The summed E-state index contributed by atoms with van der Waals surface area (Å²) in [5.74, 6) is -2.10. The smallest absolute Gasteiger partial charge is 0.258 e. The maximum absolute atomic E-state index is 13.5. The van der Waals surface area contributed by atoms with Gasteiger partial charge in [-0.25, -0.2) is 8.78 Å². The van der Waals surface area contributed by atoms with Gasteiger partial charge in [-0.3, -0.25) is 9.48 Å². The van der Waals surface area contributed by atoms with Crippen LogP contribution in [0.25, 0.3) is 0 Å². The molecule has 0 saturated carbocycles. The van der Waals surface area contributed by atoms with Gasteiger partial charge < -0.3 is 10.1 Å². The number of rotatable bonds is 7. The van der Waals surface area contributed by atoms with Crippen molar-refractivity contribution in [2.75, 3.05) is 6.61 Å². The fourth-order valence-electron chi connectivity index (χ4n) is 2.83. The molecule has 0 saturated heterocycles. The van der Waals surface area contributed by atoms with Crippen molar-refractivity contribution in [2.24, 2.45) is 0 Å². The van der Waals surface area contributed by atoms with E-state index >= 15 is 0 Å². The molecule has 146 valence electrons. The van der Waals surface area contributed by atoms with E-state index in [1.54, 1.807) is 0 Å². The molecule has 0 bridgehead atoms. The van der Waals surface area contributed by atoms with Crippen LogP contribution in [0.1, 0.15) is 22.5 Å². The van der Waals surface area contributed by atoms with Crippen molar-refractivity contribution in [1.29, 1.82) is 0 Å². The second kappa shape index (κ2) is 8.65. The van der Waals surface area contributed by atoms with Gasteiger partial charge in [0.1, 0.15) is 5.82 Å². The summed E-state index contributed by atoms with van der Waals surface area (Å²) in [5, 5.41) is 7.18. The van der Waals surface area contributed by atoms with E-state index in [0.29, 0.717) is 19.2 Å². The van der Waals surface area contributed by atoms with Crippen molar-refractivity contribution in [2.45, 2.75) is 26.9 Å². The quantitative estimate of drug-likeness (QED) is 0.677. The molecular weight excluding hydrogens is 364 g/mol. The number of carbonyl (C=O) groups excluding carboxylic acids is 1. The first-order chi connectivity index (χ1) is 13.4. The third kappa shape index (κ3) is 5.16. The molecule has 0 radical (unpaired) electrons. The van der Waals surface area contributed by atoms with Gasteiger partial charge in [-0.2, -0.15) is 5.10 Å². The Morgan fingerprint density at radius 3 is 2.61 bits per heavy atom. The number of hydrogen-bond donors (Lipinski definition) is 1. The summed E-state index contributed by atoms with van der Waals surface area (Å²) < 4.78 is 33.4. The van der Waals surface area contributed by atoms with Gasteiger partial charge in [0.25, 0.3) is 5.91 Å². The number of aryl methyl sites for hydroxylation is 2. The average Bonchev–Trinajstić information content (AvgIpc) is 2.96. The van der Waals surface area contributed by atoms with Gasteiger partial charge in [0.2, 0.25) is 0 Å². The zero-order valence-electron chi connectivity index (χ0n) is 15.7. The van der Waals surface area contributed by atoms with Crippen molar-refractivity contribution in [1.82, 2.24) is 15.1 Å². The molecule has 0 atom stereocenters. The van der Waals surface area contributed by atoms with E-state index in [9.17, 15) is 13.6 Å². The molecule has 0 aliphatic rings. The minimum Gasteiger partial charge on any atom is -0.481 e. The Bertz CT molecular complexity index is 986. The lowest BCUT2D eigenvalue weighted by molar-refractivity contribution is -0.123. The number of nitrogens with zero attached hydrogens (tertiary/aromatic N) is 2. The van der Waals surface area contributed by atoms with E-state index in [0.717, 1.165) is 34.6 Å². The molecule has 0 spiro atoms. The predicted octanol–water partition coefficient (Wildman–Crippen LogP) is 3.52. The first-order valence-corrected chi connectivity index (χ1v) is 8.84. The van der Waals surface area contributed by atoms with Crippen molar-refractivity contribution in [3.8, 4) is 5.75 Å². The lowest BCUT2D eigenvalue weighted by Crippen LogP contribution is -2.28.